The van der Waals surface area contributed by atoms with E-state index in [9.17, 15) is 8.42 Å². The molecule has 0 spiro atoms. The monoisotopic (exact) mass is 254 g/mol. The molecule has 0 radical (unpaired) electrons. The van der Waals surface area contributed by atoms with Crippen molar-refractivity contribution in [2.45, 2.75) is 25.8 Å². The second-order valence-corrected chi connectivity index (χ2v) is 5.51. The first-order valence-corrected chi connectivity index (χ1v) is 7.13. The molecule has 0 aliphatic heterocycles. The summed E-state index contributed by atoms with van der Waals surface area (Å²) in [6.07, 6.45) is 1.23. The van der Waals surface area contributed by atoms with Crippen molar-refractivity contribution >= 4 is 10.0 Å². The summed E-state index contributed by atoms with van der Waals surface area (Å²) in [5.41, 5.74) is 0. The third-order valence-electron chi connectivity index (χ3n) is 2.04. The van der Waals surface area contributed by atoms with Crippen LogP contribution >= 0.6 is 0 Å². The van der Waals surface area contributed by atoms with Crippen molar-refractivity contribution in [2.75, 3.05) is 32.1 Å². The molecule has 7 heteroatoms. The molecule has 0 aromatic carbocycles. The van der Waals surface area contributed by atoms with Gasteiger partial charge in [-0.05, 0) is 19.4 Å². The molecule has 0 heterocycles. The van der Waals surface area contributed by atoms with Gasteiger partial charge < -0.3 is 15.5 Å². The normalized spacial score (nSPS) is 12.2. The lowest BCUT2D eigenvalue weighted by Crippen LogP contribution is -2.37. The molecule has 0 unspecified atom stereocenters. The first-order valence-electron chi connectivity index (χ1n) is 5.48. The zero-order valence-electron chi connectivity index (χ0n) is 9.65. The van der Waals surface area contributed by atoms with Crippen LogP contribution in [0.25, 0.3) is 0 Å². The van der Waals surface area contributed by atoms with Crippen molar-refractivity contribution in [3.05, 3.63) is 0 Å². The average molecular weight is 254 g/mol. The molecule has 0 fully saturated rings. The summed E-state index contributed by atoms with van der Waals surface area (Å²) >= 11 is 0. The summed E-state index contributed by atoms with van der Waals surface area (Å²) in [6.45, 7) is 2.51. The predicted molar refractivity (Wildman–Crippen MR) is 62.7 cm³/mol. The van der Waals surface area contributed by atoms with E-state index in [-0.39, 0.29) is 25.0 Å². The van der Waals surface area contributed by atoms with Crippen molar-refractivity contribution in [3.63, 3.8) is 0 Å². The van der Waals surface area contributed by atoms with Gasteiger partial charge in [-0.3, -0.25) is 0 Å². The van der Waals surface area contributed by atoms with Gasteiger partial charge in [0.15, 0.2) is 0 Å². The molecule has 0 atom stereocenters. The number of aliphatic hydroxyl groups excluding tert-OH is 2. The Morgan fingerprint density at radius 1 is 1.19 bits per heavy atom. The summed E-state index contributed by atoms with van der Waals surface area (Å²) in [5, 5.41) is 20.4. The molecule has 0 aromatic rings. The Hall–Kier alpha value is -0.210. The Balaban J connectivity index is 3.64. The number of sulfonamides is 1. The Bertz CT molecular complexity index is 252. The molecular weight excluding hydrogens is 232 g/mol. The van der Waals surface area contributed by atoms with Crippen molar-refractivity contribution in [1.82, 2.24) is 10.0 Å². The van der Waals surface area contributed by atoms with E-state index in [1.54, 1.807) is 0 Å². The van der Waals surface area contributed by atoms with Crippen molar-refractivity contribution in [2.24, 2.45) is 0 Å². The van der Waals surface area contributed by atoms with Crippen molar-refractivity contribution in [1.29, 1.82) is 0 Å². The minimum atomic E-state index is -3.17. The minimum Gasteiger partial charge on any atom is -0.395 e. The van der Waals surface area contributed by atoms with Crippen LogP contribution in [0, 0.1) is 0 Å². The number of rotatable bonds is 10. The van der Waals surface area contributed by atoms with E-state index in [1.807, 2.05) is 6.92 Å². The summed E-state index contributed by atoms with van der Waals surface area (Å²) in [5.74, 6) is 0.0591. The summed E-state index contributed by atoms with van der Waals surface area (Å²) in [4.78, 5) is 0. The average Bonchev–Trinajstić information content (AvgIpc) is 2.27. The quantitative estimate of drug-likeness (QED) is 0.361. The fourth-order valence-corrected chi connectivity index (χ4v) is 2.27. The lowest BCUT2D eigenvalue weighted by Gasteiger charge is -2.12. The third-order valence-corrected chi connectivity index (χ3v) is 3.51. The van der Waals surface area contributed by atoms with Gasteiger partial charge in [0.05, 0.1) is 25.0 Å². The Labute approximate surface area is 97.1 Å². The zero-order valence-corrected chi connectivity index (χ0v) is 10.5. The van der Waals surface area contributed by atoms with Crippen LogP contribution in [0.5, 0.6) is 0 Å². The van der Waals surface area contributed by atoms with Crippen LogP contribution in [0.1, 0.15) is 19.8 Å². The fraction of sp³-hybridized carbons (Fsp3) is 1.00. The minimum absolute atomic E-state index is 0.0591. The Morgan fingerprint density at radius 3 is 2.31 bits per heavy atom. The van der Waals surface area contributed by atoms with Crippen LogP contribution in [0.4, 0.5) is 0 Å². The molecule has 0 amide bonds. The molecule has 0 saturated heterocycles. The van der Waals surface area contributed by atoms with Crippen molar-refractivity contribution < 1.29 is 18.6 Å². The van der Waals surface area contributed by atoms with Gasteiger partial charge in [0, 0.05) is 6.54 Å². The standard InChI is InChI=1S/C9H22N2O4S/c1-2-4-11-16(14,15)6-3-5-10-9(7-12)8-13/h9-13H,2-8H2,1H3. The zero-order chi connectivity index (χ0) is 12.4. The van der Waals surface area contributed by atoms with Crippen LogP contribution in [0.3, 0.4) is 0 Å². The lowest BCUT2D eigenvalue weighted by molar-refractivity contribution is 0.171. The van der Waals surface area contributed by atoms with Crippen LogP contribution in [-0.2, 0) is 10.0 Å². The van der Waals surface area contributed by atoms with Gasteiger partial charge in [-0.2, -0.15) is 0 Å². The molecule has 0 rings (SSSR count). The smallest absolute Gasteiger partial charge is 0.211 e. The third kappa shape index (κ3) is 8.00. The first-order chi connectivity index (χ1) is 7.55. The molecule has 6 nitrogen and oxygen atoms in total. The van der Waals surface area contributed by atoms with Gasteiger partial charge in [0.1, 0.15) is 0 Å². The maximum atomic E-state index is 11.3. The maximum Gasteiger partial charge on any atom is 0.211 e. The molecule has 98 valence electrons. The maximum absolute atomic E-state index is 11.3. The predicted octanol–water partition coefficient (Wildman–Crippen LogP) is -1.35. The summed E-state index contributed by atoms with van der Waals surface area (Å²) in [7, 11) is -3.17. The first kappa shape index (κ1) is 15.8. The molecule has 0 aromatic heterocycles. The molecule has 0 aliphatic carbocycles. The van der Waals surface area contributed by atoms with Gasteiger partial charge in [0.2, 0.25) is 10.0 Å². The fourth-order valence-electron chi connectivity index (χ4n) is 1.08. The number of hydrogen-bond donors (Lipinski definition) is 4. The Kier molecular flexibility index (Phi) is 8.77. The molecular formula is C9H22N2O4S. The highest BCUT2D eigenvalue weighted by Crippen LogP contribution is 1.90. The highest BCUT2D eigenvalue weighted by molar-refractivity contribution is 7.89. The largest absolute Gasteiger partial charge is 0.395 e. The summed E-state index contributed by atoms with van der Waals surface area (Å²) in [6, 6.07) is -0.369. The number of hydrogen-bond acceptors (Lipinski definition) is 5. The SMILES string of the molecule is CCCNS(=O)(=O)CCCNC(CO)CO. The molecule has 0 bridgehead atoms. The highest BCUT2D eigenvalue weighted by atomic mass is 32.2. The van der Waals surface area contributed by atoms with E-state index in [2.05, 4.69) is 10.0 Å². The molecule has 4 N–H and O–H groups in total. The second-order valence-electron chi connectivity index (χ2n) is 3.58. The van der Waals surface area contributed by atoms with E-state index in [0.717, 1.165) is 6.42 Å². The van der Waals surface area contributed by atoms with Crippen LogP contribution < -0.4 is 10.0 Å². The van der Waals surface area contributed by atoms with E-state index < -0.39 is 10.0 Å². The van der Waals surface area contributed by atoms with Crippen LogP contribution in [-0.4, -0.2) is 56.7 Å². The topological polar surface area (TPSA) is 98.7 Å². The van der Waals surface area contributed by atoms with E-state index in [1.165, 1.54) is 0 Å². The van der Waals surface area contributed by atoms with E-state index in [0.29, 0.717) is 19.5 Å². The molecule has 16 heavy (non-hydrogen) atoms. The Morgan fingerprint density at radius 2 is 1.81 bits per heavy atom. The van der Waals surface area contributed by atoms with Gasteiger partial charge in [0.25, 0.3) is 0 Å². The number of nitrogens with one attached hydrogen (secondary N) is 2. The highest BCUT2D eigenvalue weighted by Gasteiger charge is 2.09. The van der Waals surface area contributed by atoms with Gasteiger partial charge >= 0.3 is 0 Å². The van der Waals surface area contributed by atoms with Gasteiger partial charge in [-0.25, -0.2) is 13.1 Å². The van der Waals surface area contributed by atoms with E-state index in [4.69, 9.17) is 10.2 Å². The summed E-state index contributed by atoms with van der Waals surface area (Å²) < 4.78 is 25.1. The lowest BCUT2D eigenvalue weighted by atomic mass is 10.3. The van der Waals surface area contributed by atoms with E-state index >= 15 is 0 Å². The molecule has 0 saturated carbocycles. The van der Waals surface area contributed by atoms with Crippen LogP contribution in [0.15, 0.2) is 0 Å². The second kappa shape index (κ2) is 8.89. The molecule has 0 aliphatic rings. The van der Waals surface area contributed by atoms with Gasteiger partial charge in [-0.1, -0.05) is 6.92 Å². The number of aliphatic hydroxyl groups is 2. The van der Waals surface area contributed by atoms with Crippen LogP contribution in [0.2, 0.25) is 0 Å². The van der Waals surface area contributed by atoms with Gasteiger partial charge in [-0.15, -0.1) is 0 Å². The van der Waals surface area contributed by atoms with Crippen molar-refractivity contribution in [3.8, 4) is 0 Å².